The third-order valence-electron chi connectivity index (χ3n) is 3.44. The SMILES string of the molecule is COc1cccc(CCc2cc(S(=O)(O)=S)ccc2C)c1. The summed E-state index contributed by atoms with van der Waals surface area (Å²) < 4.78 is 26.3. The Labute approximate surface area is 130 Å². The molecule has 0 aliphatic rings. The van der Waals surface area contributed by atoms with Crippen molar-refractivity contribution in [3.63, 3.8) is 0 Å². The summed E-state index contributed by atoms with van der Waals surface area (Å²) in [5, 5.41) is 0. The zero-order chi connectivity index (χ0) is 15.5. The van der Waals surface area contributed by atoms with E-state index < -0.39 is 8.77 Å². The van der Waals surface area contributed by atoms with Gasteiger partial charge in [0.1, 0.15) is 5.75 Å². The number of methoxy groups -OCH3 is 1. The molecule has 0 heterocycles. The van der Waals surface area contributed by atoms with E-state index in [1.54, 1.807) is 19.2 Å². The van der Waals surface area contributed by atoms with Crippen LogP contribution in [-0.4, -0.2) is 15.9 Å². The molecule has 2 aromatic rings. The first-order valence-electron chi connectivity index (χ1n) is 6.60. The van der Waals surface area contributed by atoms with Gasteiger partial charge in [-0.15, -0.1) is 0 Å². The second-order valence-corrected chi connectivity index (χ2v) is 7.69. The van der Waals surface area contributed by atoms with Crippen molar-refractivity contribution < 1.29 is 13.5 Å². The lowest BCUT2D eigenvalue weighted by atomic mass is 10.0. The van der Waals surface area contributed by atoms with E-state index in [1.165, 1.54) is 5.56 Å². The van der Waals surface area contributed by atoms with Gasteiger partial charge in [-0.05, 0) is 60.7 Å². The number of aryl methyl sites for hydroxylation is 3. The highest BCUT2D eigenvalue weighted by Crippen LogP contribution is 2.19. The third kappa shape index (κ3) is 4.27. The lowest BCUT2D eigenvalue weighted by molar-refractivity contribution is 0.414. The van der Waals surface area contributed by atoms with E-state index in [1.807, 2.05) is 37.3 Å². The molecule has 112 valence electrons. The second-order valence-electron chi connectivity index (χ2n) is 4.91. The number of benzene rings is 2. The minimum Gasteiger partial charge on any atom is -0.497 e. The Hall–Kier alpha value is -1.43. The van der Waals surface area contributed by atoms with Crippen molar-refractivity contribution in [2.45, 2.75) is 24.7 Å². The number of hydrogen-bond acceptors (Lipinski definition) is 3. The maximum absolute atomic E-state index is 11.6. The third-order valence-corrected chi connectivity index (χ3v) is 4.86. The first kappa shape index (κ1) is 15.9. The molecule has 0 aliphatic heterocycles. The summed E-state index contributed by atoms with van der Waals surface area (Å²) in [6, 6.07) is 13.1. The smallest absolute Gasteiger partial charge is 0.171 e. The summed E-state index contributed by atoms with van der Waals surface area (Å²) in [6.45, 7) is 1.99. The Bertz CT molecular complexity index is 737. The minimum absolute atomic E-state index is 0.309. The van der Waals surface area contributed by atoms with Gasteiger partial charge < -0.3 is 9.29 Å². The molecule has 0 radical (unpaired) electrons. The van der Waals surface area contributed by atoms with Crippen LogP contribution in [0.1, 0.15) is 16.7 Å². The molecule has 1 atom stereocenters. The molecule has 0 aromatic heterocycles. The predicted molar refractivity (Wildman–Crippen MR) is 88.0 cm³/mol. The fraction of sp³-hybridized carbons (Fsp3) is 0.250. The quantitative estimate of drug-likeness (QED) is 0.917. The maximum Gasteiger partial charge on any atom is 0.171 e. The largest absolute Gasteiger partial charge is 0.497 e. The highest BCUT2D eigenvalue weighted by Gasteiger charge is 2.08. The lowest BCUT2D eigenvalue weighted by Crippen LogP contribution is -2.00. The van der Waals surface area contributed by atoms with Gasteiger partial charge in [-0.3, -0.25) is 0 Å². The molecule has 0 saturated heterocycles. The van der Waals surface area contributed by atoms with Gasteiger partial charge in [0.05, 0.1) is 12.0 Å². The van der Waals surface area contributed by atoms with Crippen LogP contribution in [0.4, 0.5) is 0 Å². The minimum atomic E-state index is -3.32. The van der Waals surface area contributed by atoms with E-state index in [-0.39, 0.29) is 0 Å². The van der Waals surface area contributed by atoms with Gasteiger partial charge in [0.2, 0.25) is 0 Å². The zero-order valence-electron chi connectivity index (χ0n) is 12.0. The first-order chi connectivity index (χ1) is 9.90. The standard InChI is InChI=1S/C16H18O3S2/c1-12-6-9-16(21(17,18)20)11-14(12)8-7-13-4-3-5-15(10-13)19-2/h3-6,9-11H,7-8H2,1-2H3,(H,17,18,20). The Morgan fingerprint density at radius 1 is 1.19 bits per heavy atom. The van der Waals surface area contributed by atoms with E-state index in [0.717, 1.165) is 29.7 Å². The van der Waals surface area contributed by atoms with E-state index in [2.05, 4.69) is 11.2 Å². The number of ether oxygens (including phenoxy) is 1. The first-order valence-corrected chi connectivity index (χ1v) is 9.04. The van der Waals surface area contributed by atoms with Gasteiger partial charge in [0, 0.05) is 11.2 Å². The van der Waals surface area contributed by atoms with Crippen molar-refractivity contribution in [1.29, 1.82) is 0 Å². The lowest BCUT2D eigenvalue weighted by Gasteiger charge is -2.09. The molecule has 0 saturated carbocycles. The molecule has 2 rings (SSSR count). The van der Waals surface area contributed by atoms with Crippen LogP contribution in [0.5, 0.6) is 5.75 Å². The zero-order valence-corrected chi connectivity index (χ0v) is 13.7. The van der Waals surface area contributed by atoms with E-state index in [9.17, 15) is 8.76 Å². The van der Waals surface area contributed by atoms with E-state index in [0.29, 0.717) is 4.90 Å². The van der Waals surface area contributed by atoms with Crippen LogP contribution < -0.4 is 4.74 Å². The second kappa shape index (κ2) is 6.56. The van der Waals surface area contributed by atoms with Crippen LogP contribution in [0.25, 0.3) is 0 Å². The van der Waals surface area contributed by atoms with Gasteiger partial charge in [-0.2, -0.15) is 0 Å². The van der Waals surface area contributed by atoms with Crippen LogP contribution in [0.15, 0.2) is 47.4 Å². The Kier molecular flexibility index (Phi) is 4.98. The molecule has 1 unspecified atom stereocenters. The fourth-order valence-corrected chi connectivity index (χ4v) is 3.03. The van der Waals surface area contributed by atoms with Crippen molar-refractivity contribution in [3.05, 3.63) is 59.2 Å². The molecule has 0 aliphatic carbocycles. The summed E-state index contributed by atoms with van der Waals surface area (Å²) in [5.41, 5.74) is 3.31. The van der Waals surface area contributed by atoms with Gasteiger partial charge in [-0.1, -0.05) is 18.2 Å². The molecule has 0 fully saturated rings. The molecule has 5 heteroatoms. The Morgan fingerprint density at radius 3 is 2.62 bits per heavy atom. The molecule has 0 spiro atoms. The van der Waals surface area contributed by atoms with Gasteiger partial charge >= 0.3 is 0 Å². The monoisotopic (exact) mass is 322 g/mol. The average Bonchev–Trinajstić information content (AvgIpc) is 2.45. The molecule has 3 nitrogen and oxygen atoms in total. The van der Waals surface area contributed by atoms with E-state index >= 15 is 0 Å². The van der Waals surface area contributed by atoms with Crippen molar-refractivity contribution in [2.24, 2.45) is 0 Å². The highest BCUT2D eigenvalue weighted by molar-refractivity contribution is 8.29. The Balaban J connectivity index is 2.19. The maximum atomic E-state index is 11.6. The van der Waals surface area contributed by atoms with Crippen LogP contribution in [-0.2, 0) is 32.8 Å². The summed E-state index contributed by atoms with van der Waals surface area (Å²) in [4.78, 5) is 0.309. The molecule has 1 N–H and O–H groups in total. The molecular formula is C16H18O3S2. The predicted octanol–water partition coefficient (Wildman–Crippen LogP) is 3.37. The molecule has 2 aromatic carbocycles. The van der Waals surface area contributed by atoms with Crippen molar-refractivity contribution in [2.75, 3.05) is 7.11 Å². The van der Waals surface area contributed by atoms with Crippen LogP contribution in [0, 0.1) is 6.92 Å². The topological polar surface area (TPSA) is 46.5 Å². The summed E-state index contributed by atoms with van der Waals surface area (Å²) in [5.74, 6) is 0.835. The van der Waals surface area contributed by atoms with Gasteiger partial charge in [-0.25, -0.2) is 4.21 Å². The van der Waals surface area contributed by atoms with E-state index in [4.69, 9.17) is 4.74 Å². The molecular weight excluding hydrogens is 304 g/mol. The highest BCUT2D eigenvalue weighted by atomic mass is 32.8. The van der Waals surface area contributed by atoms with Crippen molar-refractivity contribution in [3.8, 4) is 5.75 Å². The van der Waals surface area contributed by atoms with Crippen LogP contribution in [0.3, 0.4) is 0 Å². The van der Waals surface area contributed by atoms with Crippen LogP contribution in [0.2, 0.25) is 0 Å². The average molecular weight is 322 g/mol. The summed E-state index contributed by atoms with van der Waals surface area (Å²) >= 11 is 4.63. The van der Waals surface area contributed by atoms with Gasteiger partial charge in [0.15, 0.2) is 8.77 Å². The number of rotatable bonds is 5. The fourth-order valence-electron chi connectivity index (χ4n) is 2.18. The van der Waals surface area contributed by atoms with Crippen molar-refractivity contribution in [1.82, 2.24) is 0 Å². The van der Waals surface area contributed by atoms with Gasteiger partial charge in [0.25, 0.3) is 0 Å². The summed E-state index contributed by atoms with van der Waals surface area (Å²) in [7, 11) is -1.68. The molecule has 0 bridgehead atoms. The Morgan fingerprint density at radius 2 is 1.95 bits per heavy atom. The van der Waals surface area contributed by atoms with Crippen LogP contribution >= 0.6 is 0 Å². The molecule has 21 heavy (non-hydrogen) atoms. The normalized spacial score (nSPS) is 13.7. The number of hydrogen-bond donors (Lipinski definition) is 1. The summed E-state index contributed by atoms with van der Waals surface area (Å²) in [6.07, 6.45) is 1.63. The van der Waals surface area contributed by atoms with Crippen molar-refractivity contribution >= 4 is 20.0 Å². The molecule has 0 amide bonds.